The van der Waals surface area contributed by atoms with Crippen LogP contribution in [0.4, 0.5) is 5.82 Å². The van der Waals surface area contributed by atoms with E-state index in [4.69, 9.17) is 9.72 Å². The van der Waals surface area contributed by atoms with Crippen LogP contribution in [-0.2, 0) is 9.59 Å². The molecule has 3 aromatic rings. The first-order valence-electron chi connectivity index (χ1n) is 13.1. The molecular formula is C28H30N8O3. The summed E-state index contributed by atoms with van der Waals surface area (Å²) in [4.78, 5) is 40.3. The van der Waals surface area contributed by atoms with Gasteiger partial charge in [0.1, 0.15) is 18.2 Å². The van der Waals surface area contributed by atoms with E-state index in [0.717, 1.165) is 41.4 Å². The van der Waals surface area contributed by atoms with Gasteiger partial charge in [-0.1, -0.05) is 18.7 Å². The van der Waals surface area contributed by atoms with E-state index in [0.29, 0.717) is 31.9 Å². The third-order valence-corrected chi connectivity index (χ3v) is 8.24. The van der Waals surface area contributed by atoms with Crippen LogP contribution in [0.15, 0.2) is 31.0 Å². The lowest BCUT2D eigenvalue weighted by atomic mass is 9.79. The maximum atomic E-state index is 13.4. The first kappa shape index (κ1) is 25.0. The van der Waals surface area contributed by atoms with Crippen molar-refractivity contribution >= 4 is 28.5 Å². The lowest BCUT2D eigenvalue weighted by Gasteiger charge is -2.47. The van der Waals surface area contributed by atoms with Gasteiger partial charge in [0.25, 0.3) is 0 Å². The first-order chi connectivity index (χ1) is 18.8. The largest absolute Gasteiger partial charge is 0.462 e. The number of carbonyl (C=O) groups is 2. The van der Waals surface area contributed by atoms with Crippen molar-refractivity contribution in [2.45, 2.75) is 32.2 Å². The van der Waals surface area contributed by atoms with Crippen LogP contribution >= 0.6 is 0 Å². The first-order valence-corrected chi connectivity index (χ1v) is 13.1. The molecule has 200 valence electrons. The molecule has 1 aromatic carbocycles. The molecule has 0 bridgehead atoms. The number of H-pyrrole nitrogens is 1. The number of fused-ring (bicyclic) bond motifs is 1. The topological polar surface area (TPSA) is 131 Å². The van der Waals surface area contributed by atoms with E-state index in [1.165, 1.54) is 6.08 Å². The molecule has 11 heteroatoms. The Morgan fingerprint density at radius 3 is 2.87 bits per heavy atom. The number of aromatic amines is 1. The number of hydrogen-bond donors (Lipinski definition) is 1. The highest BCUT2D eigenvalue weighted by Gasteiger charge is 2.53. The maximum absolute atomic E-state index is 13.4. The van der Waals surface area contributed by atoms with Gasteiger partial charge in [0, 0.05) is 48.5 Å². The molecule has 3 fully saturated rings. The molecule has 3 saturated heterocycles. The molecule has 1 unspecified atom stereocenters. The van der Waals surface area contributed by atoms with E-state index in [2.05, 4.69) is 39.8 Å². The molecule has 1 N–H and O–H groups in total. The second kappa shape index (κ2) is 9.47. The smallest absolute Gasteiger partial charge is 0.319 e. The second-order valence-electron chi connectivity index (χ2n) is 10.9. The molecule has 0 radical (unpaired) electrons. The molecule has 39 heavy (non-hydrogen) atoms. The SMILES string of the molecule is C=CC(=O)N1CC2(CC(=O)N(c3nc(OCC4CCCN4C)nc(-c4c(C)ccc5cn[nH]c45)c3C#N)C2)C1. The number of aromatic nitrogens is 4. The molecule has 0 aliphatic carbocycles. The van der Waals surface area contributed by atoms with E-state index >= 15 is 0 Å². The predicted molar refractivity (Wildman–Crippen MR) is 144 cm³/mol. The average molecular weight is 527 g/mol. The van der Waals surface area contributed by atoms with Crippen molar-refractivity contribution in [3.8, 4) is 23.3 Å². The Balaban J connectivity index is 1.43. The summed E-state index contributed by atoms with van der Waals surface area (Å²) < 4.78 is 6.15. The molecular weight excluding hydrogens is 496 g/mol. The van der Waals surface area contributed by atoms with E-state index in [9.17, 15) is 14.9 Å². The summed E-state index contributed by atoms with van der Waals surface area (Å²) in [5.74, 6) is -0.0485. The number of benzene rings is 1. The molecule has 6 rings (SSSR count). The summed E-state index contributed by atoms with van der Waals surface area (Å²) in [6, 6.07) is 6.57. The number of likely N-dealkylation sites (N-methyl/N-ethyl adjacent to an activating group) is 1. The van der Waals surface area contributed by atoms with Crippen LogP contribution in [0.2, 0.25) is 0 Å². The van der Waals surface area contributed by atoms with Crippen molar-refractivity contribution in [3.05, 3.63) is 42.1 Å². The number of nitrogens with one attached hydrogen (secondary N) is 1. The third-order valence-electron chi connectivity index (χ3n) is 8.24. The van der Waals surface area contributed by atoms with E-state index in [1.807, 2.05) is 19.1 Å². The number of nitriles is 1. The summed E-state index contributed by atoms with van der Waals surface area (Å²) in [5.41, 5.74) is 2.60. The van der Waals surface area contributed by atoms with Crippen LogP contribution in [0.3, 0.4) is 0 Å². The number of amides is 2. The van der Waals surface area contributed by atoms with Crippen molar-refractivity contribution in [3.63, 3.8) is 0 Å². The number of hydrogen-bond acceptors (Lipinski definition) is 8. The Morgan fingerprint density at radius 1 is 1.33 bits per heavy atom. The van der Waals surface area contributed by atoms with Crippen LogP contribution < -0.4 is 9.64 Å². The van der Waals surface area contributed by atoms with E-state index in [1.54, 1.807) is 16.0 Å². The second-order valence-corrected chi connectivity index (χ2v) is 10.9. The minimum Gasteiger partial charge on any atom is -0.462 e. The van der Waals surface area contributed by atoms with Gasteiger partial charge in [-0.3, -0.25) is 19.6 Å². The number of anilines is 1. The Labute approximate surface area is 226 Å². The van der Waals surface area contributed by atoms with Gasteiger partial charge in [-0.25, -0.2) is 0 Å². The van der Waals surface area contributed by atoms with Crippen LogP contribution in [0.1, 0.15) is 30.4 Å². The predicted octanol–water partition coefficient (Wildman–Crippen LogP) is 2.42. The van der Waals surface area contributed by atoms with Gasteiger partial charge < -0.3 is 14.5 Å². The van der Waals surface area contributed by atoms with Crippen molar-refractivity contribution in [1.29, 1.82) is 5.26 Å². The Morgan fingerprint density at radius 2 is 2.15 bits per heavy atom. The molecule has 5 heterocycles. The fourth-order valence-electron chi connectivity index (χ4n) is 6.10. The van der Waals surface area contributed by atoms with Crippen LogP contribution in [0, 0.1) is 23.7 Å². The minimum absolute atomic E-state index is 0.126. The molecule has 11 nitrogen and oxygen atoms in total. The van der Waals surface area contributed by atoms with Crippen LogP contribution in [-0.4, -0.2) is 87.7 Å². The molecule has 1 atom stereocenters. The van der Waals surface area contributed by atoms with Gasteiger partial charge in [-0.15, -0.1) is 0 Å². The average Bonchev–Trinajstić information content (AvgIpc) is 3.64. The lowest BCUT2D eigenvalue weighted by Crippen LogP contribution is -2.59. The lowest BCUT2D eigenvalue weighted by molar-refractivity contribution is -0.138. The molecule has 3 aliphatic rings. The molecule has 0 saturated carbocycles. The van der Waals surface area contributed by atoms with Gasteiger partial charge >= 0.3 is 6.01 Å². The highest BCUT2D eigenvalue weighted by Crippen LogP contribution is 2.44. The number of aryl methyl sites for hydroxylation is 1. The quantitative estimate of drug-likeness (QED) is 0.485. The van der Waals surface area contributed by atoms with Gasteiger partial charge in [0.2, 0.25) is 11.8 Å². The standard InChI is InChI=1S/C28H30N8O3/c1-4-21(37)35-14-28(15-35)10-22(38)36(16-28)26-20(11-29)25(23-17(2)7-8-18-12-30-33-24(18)23)31-27(32-26)39-13-19-6-5-9-34(19)3/h4,7-8,12,19H,1,5-6,9-10,13-16H2,2-3H3,(H,30,33). The monoisotopic (exact) mass is 526 g/mol. The third kappa shape index (κ3) is 4.21. The summed E-state index contributed by atoms with van der Waals surface area (Å²) in [5, 5.41) is 18.5. The molecule has 3 aliphatic heterocycles. The summed E-state index contributed by atoms with van der Waals surface area (Å²) >= 11 is 0. The molecule has 2 amide bonds. The van der Waals surface area contributed by atoms with Crippen molar-refractivity contribution in [2.75, 3.05) is 44.7 Å². The number of nitrogens with zero attached hydrogens (tertiary/aromatic N) is 7. The zero-order valence-corrected chi connectivity index (χ0v) is 22.1. The fourth-order valence-corrected chi connectivity index (χ4v) is 6.10. The molecule has 1 spiro atoms. The van der Waals surface area contributed by atoms with Crippen LogP contribution in [0.25, 0.3) is 22.2 Å². The van der Waals surface area contributed by atoms with E-state index < -0.39 is 0 Å². The Bertz CT molecular complexity index is 1530. The maximum Gasteiger partial charge on any atom is 0.319 e. The number of carbonyl (C=O) groups excluding carboxylic acids is 2. The number of likely N-dealkylation sites (tertiary alicyclic amines) is 2. The van der Waals surface area contributed by atoms with E-state index in [-0.39, 0.29) is 47.1 Å². The highest BCUT2D eigenvalue weighted by molar-refractivity contribution is 6.01. The summed E-state index contributed by atoms with van der Waals surface area (Å²) in [7, 11) is 2.07. The molecule has 2 aromatic heterocycles. The van der Waals surface area contributed by atoms with Gasteiger partial charge in [-0.05, 0) is 45.0 Å². The van der Waals surface area contributed by atoms with Crippen LogP contribution in [0.5, 0.6) is 6.01 Å². The summed E-state index contributed by atoms with van der Waals surface area (Å²) in [6.45, 7) is 8.20. The highest BCUT2D eigenvalue weighted by atomic mass is 16.5. The van der Waals surface area contributed by atoms with Crippen molar-refractivity contribution < 1.29 is 14.3 Å². The Hall–Kier alpha value is -4.30. The van der Waals surface area contributed by atoms with Crippen molar-refractivity contribution in [2.24, 2.45) is 5.41 Å². The summed E-state index contributed by atoms with van der Waals surface area (Å²) in [6.07, 6.45) is 5.41. The number of ether oxygens (including phenoxy) is 1. The zero-order valence-electron chi connectivity index (χ0n) is 22.1. The number of rotatable bonds is 6. The van der Waals surface area contributed by atoms with Crippen molar-refractivity contribution in [1.82, 2.24) is 30.0 Å². The van der Waals surface area contributed by atoms with Gasteiger partial charge in [-0.2, -0.15) is 20.3 Å². The minimum atomic E-state index is -0.375. The Kier molecular flexibility index (Phi) is 6.07. The normalized spacial score (nSPS) is 20.4. The van der Waals surface area contributed by atoms with Gasteiger partial charge in [0.15, 0.2) is 5.82 Å². The fraction of sp³-hybridized carbons (Fsp3) is 0.429. The van der Waals surface area contributed by atoms with Gasteiger partial charge in [0.05, 0.1) is 17.4 Å². The zero-order chi connectivity index (χ0) is 27.3.